The number of carbonyl (C=O) groups is 1. The maximum absolute atomic E-state index is 12.6. The number of Topliss-reactive ketones (excluding diaryl/α,β-unsaturated/α-hetero) is 1. The van der Waals surface area contributed by atoms with Crippen LogP contribution in [0.3, 0.4) is 0 Å². The molecule has 26 heavy (non-hydrogen) atoms. The van der Waals surface area contributed by atoms with Gasteiger partial charge < -0.3 is 0 Å². The van der Waals surface area contributed by atoms with Crippen LogP contribution in [0.25, 0.3) is 5.69 Å². The monoisotopic (exact) mass is 357 g/mol. The molecule has 1 atom stereocenters. The maximum atomic E-state index is 12.6. The van der Waals surface area contributed by atoms with Crippen molar-refractivity contribution < 1.29 is 18.0 Å². The first-order chi connectivity index (χ1) is 12.4. The summed E-state index contributed by atoms with van der Waals surface area (Å²) in [4.78, 5) is 16.1. The van der Waals surface area contributed by atoms with E-state index in [4.69, 9.17) is 0 Å². The first-order valence-electron chi connectivity index (χ1n) is 7.35. The molecule has 0 amide bonds. The van der Waals surface area contributed by atoms with E-state index in [9.17, 15) is 23.2 Å². The highest BCUT2D eigenvalue weighted by atomic mass is 19.4. The van der Waals surface area contributed by atoms with E-state index in [2.05, 4.69) is 15.3 Å². The zero-order valence-corrected chi connectivity index (χ0v) is 13.1. The second-order valence-electron chi connectivity index (χ2n) is 5.28. The van der Waals surface area contributed by atoms with Crippen molar-refractivity contribution in [2.45, 2.75) is 12.1 Å². The van der Waals surface area contributed by atoms with Crippen LogP contribution in [-0.4, -0.2) is 25.8 Å². The van der Waals surface area contributed by atoms with Gasteiger partial charge >= 0.3 is 6.18 Å². The molecular formula is C17H10F3N5O. The Morgan fingerprint density at radius 2 is 1.88 bits per heavy atom. The fraction of sp³-hybridized carbons (Fsp3) is 0.118. The van der Waals surface area contributed by atoms with Gasteiger partial charge in [0, 0.05) is 6.20 Å². The number of pyridine rings is 1. The van der Waals surface area contributed by atoms with E-state index in [0.717, 1.165) is 12.1 Å². The van der Waals surface area contributed by atoms with Crippen molar-refractivity contribution in [2.75, 3.05) is 0 Å². The van der Waals surface area contributed by atoms with Crippen LogP contribution in [0.2, 0.25) is 0 Å². The van der Waals surface area contributed by atoms with E-state index < -0.39 is 23.4 Å². The molecule has 1 aromatic carbocycles. The average Bonchev–Trinajstić information content (AvgIpc) is 3.13. The normalized spacial score (nSPS) is 12.4. The Kier molecular flexibility index (Phi) is 4.49. The van der Waals surface area contributed by atoms with Crippen LogP contribution in [0, 0.1) is 11.3 Å². The smallest absolute Gasteiger partial charge is 0.290 e. The number of hydrogen-bond acceptors (Lipinski definition) is 5. The van der Waals surface area contributed by atoms with Gasteiger partial charge in [-0.2, -0.15) is 18.4 Å². The minimum atomic E-state index is -4.55. The Balaban J connectivity index is 1.86. The number of nitriles is 1. The molecule has 0 N–H and O–H groups in total. The average molecular weight is 357 g/mol. The summed E-state index contributed by atoms with van der Waals surface area (Å²) < 4.78 is 39.2. The van der Waals surface area contributed by atoms with Gasteiger partial charge in [0.15, 0.2) is 11.6 Å². The van der Waals surface area contributed by atoms with Gasteiger partial charge in [0.2, 0.25) is 5.78 Å². The molecular weight excluding hydrogens is 347 g/mol. The molecule has 0 radical (unpaired) electrons. The Labute approximate surface area is 145 Å². The third-order valence-electron chi connectivity index (χ3n) is 3.57. The van der Waals surface area contributed by atoms with Gasteiger partial charge in [-0.1, -0.05) is 23.4 Å². The Morgan fingerprint density at radius 3 is 2.46 bits per heavy atom. The standard InChI is InChI=1S/C17H10F3N5O/c18-17(19,20)11-6-7-14(22-9-11)13(8-21)16(26)15-10-25(24-23-15)12-4-2-1-3-5-12/h1-7,9-10,13H. The molecule has 0 spiro atoms. The van der Waals surface area contributed by atoms with Gasteiger partial charge in [-0.3, -0.25) is 9.78 Å². The van der Waals surface area contributed by atoms with Crippen molar-refractivity contribution in [3.8, 4) is 11.8 Å². The Morgan fingerprint density at radius 1 is 1.15 bits per heavy atom. The lowest BCUT2D eigenvalue weighted by atomic mass is 9.99. The Bertz CT molecular complexity index is 959. The number of halogens is 3. The molecule has 9 heteroatoms. The number of ketones is 1. The molecule has 0 aliphatic heterocycles. The highest BCUT2D eigenvalue weighted by molar-refractivity contribution is 6.00. The minimum absolute atomic E-state index is 0.0814. The molecule has 0 bridgehead atoms. The van der Waals surface area contributed by atoms with Crippen LogP contribution in [-0.2, 0) is 6.18 Å². The van der Waals surface area contributed by atoms with Crippen LogP contribution < -0.4 is 0 Å². The van der Waals surface area contributed by atoms with E-state index in [1.807, 2.05) is 6.07 Å². The largest absolute Gasteiger partial charge is 0.417 e. The summed E-state index contributed by atoms with van der Waals surface area (Å²) in [6, 6.07) is 12.4. The van der Waals surface area contributed by atoms with Crippen molar-refractivity contribution in [1.29, 1.82) is 5.26 Å². The number of alkyl halides is 3. The summed E-state index contributed by atoms with van der Waals surface area (Å²) in [5.41, 5.74) is -0.456. The molecule has 1 unspecified atom stereocenters. The lowest BCUT2D eigenvalue weighted by Gasteiger charge is -2.09. The van der Waals surface area contributed by atoms with Crippen molar-refractivity contribution in [1.82, 2.24) is 20.0 Å². The summed E-state index contributed by atoms with van der Waals surface area (Å²) in [5.74, 6) is -2.07. The Hall–Kier alpha value is -3.54. The number of para-hydroxylation sites is 1. The molecule has 3 rings (SSSR count). The maximum Gasteiger partial charge on any atom is 0.417 e. The zero-order valence-electron chi connectivity index (χ0n) is 13.1. The van der Waals surface area contributed by atoms with E-state index in [1.165, 1.54) is 10.9 Å². The van der Waals surface area contributed by atoms with E-state index in [0.29, 0.717) is 11.9 Å². The second-order valence-corrected chi connectivity index (χ2v) is 5.28. The highest BCUT2D eigenvalue weighted by Crippen LogP contribution is 2.29. The number of aromatic nitrogens is 4. The van der Waals surface area contributed by atoms with Crippen molar-refractivity contribution in [3.63, 3.8) is 0 Å². The fourth-order valence-corrected chi connectivity index (χ4v) is 2.23. The minimum Gasteiger partial charge on any atom is -0.290 e. The molecule has 2 aromatic heterocycles. The number of carbonyl (C=O) groups excluding carboxylic acids is 1. The van der Waals surface area contributed by atoms with Gasteiger partial charge in [-0.15, -0.1) is 5.10 Å². The van der Waals surface area contributed by atoms with Crippen LogP contribution >= 0.6 is 0 Å². The molecule has 0 aliphatic rings. The molecule has 3 aromatic rings. The number of hydrogen-bond donors (Lipinski definition) is 0. The molecule has 0 saturated heterocycles. The first-order valence-corrected chi connectivity index (χ1v) is 7.35. The van der Waals surface area contributed by atoms with Crippen LogP contribution in [0.15, 0.2) is 54.9 Å². The van der Waals surface area contributed by atoms with Gasteiger partial charge in [0.25, 0.3) is 0 Å². The van der Waals surface area contributed by atoms with Gasteiger partial charge in [-0.25, -0.2) is 4.68 Å². The lowest BCUT2D eigenvalue weighted by Crippen LogP contribution is -2.14. The molecule has 0 aliphatic carbocycles. The topological polar surface area (TPSA) is 84.5 Å². The zero-order chi connectivity index (χ0) is 18.7. The molecule has 2 heterocycles. The summed E-state index contributed by atoms with van der Waals surface area (Å²) in [5, 5.41) is 16.9. The lowest BCUT2D eigenvalue weighted by molar-refractivity contribution is -0.137. The number of rotatable bonds is 4. The fourth-order valence-electron chi connectivity index (χ4n) is 2.23. The molecule has 0 fully saturated rings. The predicted molar refractivity (Wildman–Crippen MR) is 83.3 cm³/mol. The van der Waals surface area contributed by atoms with Crippen LogP contribution in [0.5, 0.6) is 0 Å². The van der Waals surface area contributed by atoms with E-state index in [1.54, 1.807) is 30.3 Å². The van der Waals surface area contributed by atoms with Crippen LogP contribution in [0.4, 0.5) is 13.2 Å². The van der Waals surface area contributed by atoms with E-state index >= 15 is 0 Å². The summed E-state index contributed by atoms with van der Waals surface area (Å²) in [6.45, 7) is 0. The third-order valence-corrected chi connectivity index (χ3v) is 3.57. The molecule has 0 saturated carbocycles. The summed E-state index contributed by atoms with van der Waals surface area (Å²) in [6.07, 6.45) is -2.60. The van der Waals surface area contributed by atoms with E-state index in [-0.39, 0.29) is 11.4 Å². The summed E-state index contributed by atoms with van der Waals surface area (Å²) in [7, 11) is 0. The number of nitrogens with zero attached hydrogens (tertiary/aromatic N) is 5. The molecule has 6 nitrogen and oxygen atoms in total. The third kappa shape index (κ3) is 3.44. The van der Waals surface area contributed by atoms with Gasteiger partial charge in [-0.05, 0) is 24.3 Å². The number of benzene rings is 1. The van der Waals surface area contributed by atoms with Crippen molar-refractivity contribution >= 4 is 5.78 Å². The van der Waals surface area contributed by atoms with Crippen molar-refractivity contribution in [2.24, 2.45) is 0 Å². The molecule has 130 valence electrons. The van der Waals surface area contributed by atoms with Crippen molar-refractivity contribution in [3.05, 3.63) is 71.8 Å². The second kappa shape index (κ2) is 6.76. The first kappa shape index (κ1) is 17.3. The van der Waals surface area contributed by atoms with Crippen LogP contribution in [0.1, 0.15) is 27.7 Å². The SMILES string of the molecule is N#CC(C(=O)c1cn(-c2ccccc2)nn1)c1ccc(C(F)(F)F)cn1. The van der Waals surface area contributed by atoms with Gasteiger partial charge in [0.1, 0.15) is 0 Å². The predicted octanol–water partition coefficient (Wildman–Crippen LogP) is 3.17. The quantitative estimate of drug-likeness (QED) is 0.670. The summed E-state index contributed by atoms with van der Waals surface area (Å²) >= 11 is 0. The van der Waals surface area contributed by atoms with Gasteiger partial charge in [0.05, 0.1) is 29.2 Å². The highest BCUT2D eigenvalue weighted by Gasteiger charge is 2.32.